The lowest BCUT2D eigenvalue weighted by molar-refractivity contribution is -0.116. The average Bonchev–Trinajstić information content (AvgIpc) is 2.26. The zero-order valence-electron chi connectivity index (χ0n) is 9.84. The van der Waals surface area contributed by atoms with Crippen LogP contribution in [0.2, 0.25) is 0 Å². The zero-order valence-corrected chi connectivity index (χ0v) is 12.2. The van der Waals surface area contributed by atoms with E-state index in [0.29, 0.717) is 17.5 Å². The zero-order chi connectivity index (χ0) is 13.9. The SMILES string of the molecule is CCc1cc(C(Br)C(C)=O)ccc1SC(F)(F)F. The first-order valence-corrected chi connectivity index (χ1v) is 7.01. The van der Waals surface area contributed by atoms with Crippen molar-refractivity contribution >= 4 is 33.5 Å². The highest BCUT2D eigenvalue weighted by atomic mass is 79.9. The predicted octanol–water partition coefficient (Wildman–Crippen LogP) is 4.89. The number of thioether (sulfide) groups is 1. The number of halogens is 4. The van der Waals surface area contributed by atoms with Gasteiger partial charge in [0.2, 0.25) is 0 Å². The number of Topliss-reactive ketones (excluding diaryl/α,β-unsaturated/α-hetero) is 1. The van der Waals surface area contributed by atoms with Crippen molar-refractivity contribution in [2.45, 2.75) is 35.5 Å². The number of carbonyl (C=O) groups is 1. The third kappa shape index (κ3) is 4.31. The summed E-state index contributed by atoms with van der Waals surface area (Å²) in [6.45, 7) is 3.22. The molecule has 100 valence electrons. The molecule has 0 saturated heterocycles. The fourth-order valence-corrected chi connectivity index (χ4v) is 2.50. The molecule has 0 saturated carbocycles. The molecule has 0 aliphatic carbocycles. The van der Waals surface area contributed by atoms with Gasteiger partial charge in [0.15, 0.2) is 0 Å². The van der Waals surface area contributed by atoms with Gasteiger partial charge < -0.3 is 0 Å². The molecule has 1 atom stereocenters. The van der Waals surface area contributed by atoms with Crippen molar-refractivity contribution in [3.05, 3.63) is 29.3 Å². The first kappa shape index (κ1) is 15.6. The highest BCUT2D eigenvalue weighted by Gasteiger charge is 2.30. The van der Waals surface area contributed by atoms with Crippen LogP contribution in [0.15, 0.2) is 23.1 Å². The molecule has 0 radical (unpaired) electrons. The van der Waals surface area contributed by atoms with Crippen LogP contribution in [-0.2, 0) is 11.2 Å². The average molecular weight is 341 g/mol. The van der Waals surface area contributed by atoms with Crippen molar-refractivity contribution in [1.29, 1.82) is 0 Å². The monoisotopic (exact) mass is 340 g/mol. The largest absolute Gasteiger partial charge is 0.446 e. The van der Waals surface area contributed by atoms with Crippen LogP contribution in [0.4, 0.5) is 13.2 Å². The molecule has 1 nitrogen and oxygen atoms in total. The first-order chi connectivity index (χ1) is 8.24. The van der Waals surface area contributed by atoms with Gasteiger partial charge in [0.25, 0.3) is 0 Å². The molecule has 0 spiro atoms. The van der Waals surface area contributed by atoms with E-state index in [4.69, 9.17) is 0 Å². The second kappa shape index (κ2) is 6.10. The summed E-state index contributed by atoms with van der Waals surface area (Å²) in [4.78, 5) is 11.0. The second-order valence-corrected chi connectivity index (χ2v) is 5.76. The molecule has 1 rings (SSSR count). The molecule has 18 heavy (non-hydrogen) atoms. The fourth-order valence-electron chi connectivity index (χ4n) is 1.49. The van der Waals surface area contributed by atoms with Crippen molar-refractivity contribution in [2.24, 2.45) is 0 Å². The predicted molar refractivity (Wildman–Crippen MR) is 70.1 cm³/mol. The van der Waals surface area contributed by atoms with E-state index in [1.54, 1.807) is 19.1 Å². The molecular weight excluding hydrogens is 329 g/mol. The summed E-state index contributed by atoms with van der Waals surface area (Å²) in [7, 11) is 0. The third-order valence-electron chi connectivity index (χ3n) is 2.34. The van der Waals surface area contributed by atoms with E-state index in [2.05, 4.69) is 15.9 Å². The van der Waals surface area contributed by atoms with Crippen LogP contribution < -0.4 is 0 Å². The molecule has 0 amide bonds. The van der Waals surface area contributed by atoms with Crippen molar-refractivity contribution < 1.29 is 18.0 Å². The molecule has 0 bridgehead atoms. The Bertz CT molecular complexity index is 445. The number of ketones is 1. The Kier molecular flexibility index (Phi) is 5.28. The minimum absolute atomic E-state index is 0.0757. The number of hydrogen-bond acceptors (Lipinski definition) is 2. The van der Waals surface area contributed by atoms with Crippen LogP contribution in [0.25, 0.3) is 0 Å². The second-order valence-electron chi connectivity index (χ2n) is 3.74. The summed E-state index contributed by atoms with van der Waals surface area (Å²) in [5, 5.41) is 0. The molecule has 0 N–H and O–H groups in total. The van der Waals surface area contributed by atoms with Gasteiger partial charge in [-0.1, -0.05) is 35.0 Å². The molecule has 6 heteroatoms. The molecule has 0 aliphatic heterocycles. The van der Waals surface area contributed by atoms with E-state index >= 15 is 0 Å². The number of hydrogen-bond donors (Lipinski definition) is 0. The van der Waals surface area contributed by atoms with Crippen LogP contribution in [0.1, 0.15) is 29.8 Å². The van der Waals surface area contributed by atoms with Gasteiger partial charge in [-0.3, -0.25) is 4.79 Å². The van der Waals surface area contributed by atoms with E-state index in [1.807, 2.05) is 0 Å². The van der Waals surface area contributed by atoms with E-state index in [1.165, 1.54) is 13.0 Å². The van der Waals surface area contributed by atoms with E-state index in [-0.39, 0.29) is 22.4 Å². The number of carbonyl (C=O) groups excluding carboxylic acids is 1. The third-order valence-corrected chi connectivity index (χ3v) is 4.36. The maximum atomic E-state index is 12.3. The smallest absolute Gasteiger partial charge is 0.298 e. The summed E-state index contributed by atoms with van der Waals surface area (Å²) >= 11 is 3.10. The Morgan fingerprint density at radius 1 is 1.44 bits per heavy atom. The lowest BCUT2D eigenvalue weighted by atomic mass is 10.0. The summed E-state index contributed by atoms with van der Waals surface area (Å²) in [6.07, 6.45) is 0.490. The minimum Gasteiger partial charge on any atom is -0.298 e. The molecule has 0 heterocycles. The van der Waals surface area contributed by atoms with Gasteiger partial charge in [0, 0.05) is 4.90 Å². The summed E-state index contributed by atoms with van der Waals surface area (Å²) in [5.74, 6) is -0.0757. The highest BCUT2D eigenvalue weighted by Crippen LogP contribution is 2.39. The molecule has 0 fully saturated rings. The van der Waals surface area contributed by atoms with Crippen molar-refractivity contribution in [3.8, 4) is 0 Å². The van der Waals surface area contributed by atoms with Gasteiger partial charge in [-0.25, -0.2) is 0 Å². The van der Waals surface area contributed by atoms with Gasteiger partial charge in [0.1, 0.15) is 5.78 Å². The van der Waals surface area contributed by atoms with Gasteiger partial charge in [-0.15, -0.1) is 0 Å². The van der Waals surface area contributed by atoms with E-state index in [9.17, 15) is 18.0 Å². The first-order valence-electron chi connectivity index (χ1n) is 5.27. The molecule has 0 aromatic heterocycles. The fraction of sp³-hybridized carbons (Fsp3) is 0.417. The quantitative estimate of drug-likeness (QED) is 0.573. The molecule has 1 aromatic rings. The van der Waals surface area contributed by atoms with E-state index in [0.717, 1.165) is 0 Å². The van der Waals surface area contributed by atoms with Crippen LogP contribution in [0, 0.1) is 0 Å². The standard InChI is InChI=1S/C12H12BrF3OS/c1-3-8-6-9(11(13)7(2)17)4-5-10(8)18-12(14,15)16/h4-6,11H,3H2,1-2H3. The number of rotatable bonds is 4. The van der Waals surface area contributed by atoms with Gasteiger partial charge in [-0.05, 0) is 42.3 Å². The van der Waals surface area contributed by atoms with E-state index < -0.39 is 10.3 Å². The summed E-state index contributed by atoms with van der Waals surface area (Å²) < 4.78 is 37.0. The summed E-state index contributed by atoms with van der Waals surface area (Å²) in [6, 6.07) is 4.62. The van der Waals surface area contributed by atoms with Crippen molar-refractivity contribution in [2.75, 3.05) is 0 Å². The lowest BCUT2D eigenvalue weighted by Gasteiger charge is -2.13. The van der Waals surface area contributed by atoms with Gasteiger partial charge >= 0.3 is 5.51 Å². The molecule has 1 unspecified atom stereocenters. The number of benzene rings is 1. The lowest BCUT2D eigenvalue weighted by Crippen LogP contribution is -2.04. The van der Waals surface area contributed by atoms with Gasteiger partial charge in [0.05, 0.1) is 4.83 Å². The maximum absolute atomic E-state index is 12.3. The Hall–Kier alpha value is -0.490. The Balaban J connectivity index is 3.07. The van der Waals surface area contributed by atoms with Crippen molar-refractivity contribution in [1.82, 2.24) is 0 Å². The Morgan fingerprint density at radius 3 is 2.50 bits per heavy atom. The molecular formula is C12H12BrF3OS. The van der Waals surface area contributed by atoms with Gasteiger partial charge in [-0.2, -0.15) is 13.2 Å². The Morgan fingerprint density at radius 2 is 2.06 bits per heavy atom. The molecule has 1 aromatic carbocycles. The maximum Gasteiger partial charge on any atom is 0.446 e. The van der Waals surface area contributed by atoms with Crippen molar-refractivity contribution in [3.63, 3.8) is 0 Å². The summed E-state index contributed by atoms with van der Waals surface area (Å²) in [5.41, 5.74) is -3.01. The molecule has 0 aliphatic rings. The minimum atomic E-state index is -4.29. The number of alkyl halides is 4. The highest BCUT2D eigenvalue weighted by molar-refractivity contribution is 9.09. The normalized spacial score (nSPS) is 13.4. The van der Waals surface area contributed by atoms with Crippen LogP contribution in [0.3, 0.4) is 0 Å². The van der Waals surface area contributed by atoms with Crippen LogP contribution in [-0.4, -0.2) is 11.3 Å². The van der Waals surface area contributed by atoms with Crippen LogP contribution in [0.5, 0.6) is 0 Å². The number of aryl methyl sites for hydroxylation is 1. The Labute approximate surface area is 116 Å². The van der Waals surface area contributed by atoms with Crippen LogP contribution >= 0.6 is 27.7 Å². The topological polar surface area (TPSA) is 17.1 Å².